The lowest BCUT2D eigenvalue weighted by Crippen LogP contribution is -2.48. The Bertz CT molecular complexity index is 619. The summed E-state index contributed by atoms with van der Waals surface area (Å²) in [6.45, 7) is 1.72. The van der Waals surface area contributed by atoms with Crippen molar-refractivity contribution in [3.63, 3.8) is 0 Å². The van der Waals surface area contributed by atoms with E-state index in [1.165, 1.54) is 0 Å². The lowest BCUT2D eigenvalue weighted by Gasteiger charge is -2.32. The lowest BCUT2D eigenvalue weighted by atomic mass is 9.97. The van der Waals surface area contributed by atoms with Crippen molar-refractivity contribution in [2.24, 2.45) is 5.92 Å². The van der Waals surface area contributed by atoms with Gasteiger partial charge in [-0.3, -0.25) is 9.59 Å². The summed E-state index contributed by atoms with van der Waals surface area (Å²) < 4.78 is 38.3. The number of nitrogens with one attached hydrogen (secondary N) is 1. The Kier molecular flexibility index (Phi) is 5.33. The zero-order chi connectivity index (χ0) is 17.2. The number of benzene rings is 1. The predicted molar refractivity (Wildman–Crippen MR) is 82.9 cm³/mol. The third-order valence-electron chi connectivity index (χ3n) is 3.76. The summed E-state index contributed by atoms with van der Waals surface area (Å²) in [4.78, 5) is 24.2. The van der Waals surface area contributed by atoms with Gasteiger partial charge in [0, 0.05) is 23.2 Å². The van der Waals surface area contributed by atoms with Crippen molar-refractivity contribution in [2.45, 2.75) is 25.9 Å². The molecule has 23 heavy (non-hydrogen) atoms. The minimum atomic E-state index is -4.90. The third kappa shape index (κ3) is 4.46. The van der Waals surface area contributed by atoms with Crippen LogP contribution in [0.2, 0.25) is 0 Å². The van der Waals surface area contributed by atoms with Crippen molar-refractivity contribution >= 4 is 33.4 Å². The molecule has 2 amide bonds. The Morgan fingerprint density at radius 3 is 2.65 bits per heavy atom. The van der Waals surface area contributed by atoms with Crippen molar-refractivity contribution in [3.8, 4) is 0 Å². The second-order valence-electron chi connectivity index (χ2n) is 5.54. The second-order valence-corrected chi connectivity index (χ2v) is 6.40. The van der Waals surface area contributed by atoms with Crippen LogP contribution in [0.15, 0.2) is 22.7 Å². The minimum Gasteiger partial charge on any atom is -0.334 e. The van der Waals surface area contributed by atoms with E-state index in [-0.39, 0.29) is 19.0 Å². The summed E-state index contributed by atoms with van der Waals surface area (Å²) >= 11 is 3.35. The highest BCUT2D eigenvalue weighted by atomic mass is 79.9. The summed E-state index contributed by atoms with van der Waals surface area (Å²) in [6, 6.07) is 5.27. The highest BCUT2D eigenvalue weighted by Crippen LogP contribution is 2.25. The normalized spacial score (nSPS) is 18.7. The van der Waals surface area contributed by atoms with E-state index in [0.29, 0.717) is 23.4 Å². The summed E-state index contributed by atoms with van der Waals surface area (Å²) in [5.74, 6) is -2.90. The summed E-state index contributed by atoms with van der Waals surface area (Å²) in [6.07, 6.45) is -4.07. The topological polar surface area (TPSA) is 49.4 Å². The molecule has 1 aromatic rings. The number of anilines is 1. The molecule has 1 atom stereocenters. The van der Waals surface area contributed by atoms with Gasteiger partial charge in [0.15, 0.2) is 0 Å². The Morgan fingerprint density at radius 1 is 1.35 bits per heavy atom. The molecule has 1 aromatic carbocycles. The first-order valence-corrected chi connectivity index (χ1v) is 7.91. The Morgan fingerprint density at radius 2 is 2.04 bits per heavy atom. The summed E-state index contributed by atoms with van der Waals surface area (Å²) in [5.41, 5.74) is 1.56. The lowest BCUT2D eigenvalue weighted by molar-refractivity contribution is -0.187. The van der Waals surface area contributed by atoms with Gasteiger partial charge < -0.3 is 10.2 Å². The van der Waals surface area contributed by atoms with E-state index in [2.05, 4.69) is 21.2 Å². The van der Waals surface area contributed by atoms with Gasteiger partial charge in [-0.25, -0.2) is 0 Å². The van der Waals surface area contributed by atoms with Gasteiger partial charge in [0.05, 0.1) is 5.92 Å². The molecule has 0 saturated carbocycles. The van der Waals surface area contributed by atoms with Crippen LogP contribution in [0.4, 0.5) is 18.9 Å². The van der Waals surface area contributed by atoms with Gasteiger partial charge in [0.1, 0.15) is 0 Å². The number of piperidine rings is 1. The van der Waals surface area contributed by atoms with Crippen LogP contribution in [0.5, 0.6) is 0 Å². The first kappa shape index (κ1) is 17.8. The van der Waals surface area contributed by atoms with E-state index >= 15 is 0 Å². The highest BCUT2D eigenvalue weighted by molar-refractivity contribution is 9.10. The number of likely N-dealkylation sites (tertiary alicyclic amines) is 1. The number of halogens is 4. The van der Waals surface area contributed by atoms with Gasteiger partial charge in [0.25, 0.3) is 0 Å². The van der Waals surface area contributed by atoms with E-state index in [9.17, 15) is 22.8 Å². The van der Waals surface area contributed by atoms with Crippen molar-refractivity contribution < 1.29 is 22.8 Å². The van der Waals surface area contributed by atoms with Crippen LogP contribution < -0.4 is 5.32 Å². The maximum absolute atomic E-state index is 12.5. The fourth-order valence-corrected chi connectivity index (χ4v) is 2.85. The molecule has 4 nitrogen and oxygen atoms in total. The van der Waals surface area contributed by atoms with Crippen LogP contribution in [-0.4, -0.2) is 36.0 Å². The van der Waals surface area contributed by atoms with Crippen LogP contribution in [-0.2, 0) is 9.59 Å². The number of aryl methyl sites for hydroxylation is 1. The second kappa shape index (κ2) is 6.90. The monoisotopic (exact) mass is 392 g/mol. The zero-order valence-corrected chi connectivity index (χ0v) is 14.0. The van der Waals surface area contributed by atoms with Gasteiger partial charge in [-0.2, -0.15) is 13.2 Å². The van der Waals surface area contributed by atoms with Gasteiger partial charge in [-0.15, -0.1) is 0 Å². The average Bonchev–Trinajstić information content (AvgIpc) is 2.49. The van der Waals surface area contributed by atoms with Crippen molar-refractivity contribution in [1.29, 1.82) is 0 Å². The smallest absolute Gasteiger partial charge is 0.334 e. The standard InChI is InChI=1S/C15H16BrF3N2O2/c1-9-4-5-11(7-12(9)16)20-13(22)10-3-2-6-21(8-10)14(23)15(17,18)19/h4-5,7,10H,2-3,6,8H2,1H3,(H,20,22). The van der Waals surface area contributed by atoms with Gasteiger partial charge in [-0.05, 0) is 37.5 Å². The summed E-state index contributed by atoms with van der Waals surface area (Å²) in [7, 11) is 0. The van der Waals surface area contributed by atoms with Crippen LogP contribution >= 0.6 is 15.9 Å². The molecule has 1 saturated heterocycles. The molecule has 0 aliphatic carbocycles. The molecule has 0 spiro atoms. The maximum Gasteiger partial charge on any atom is 0.471 e. The molecule has 2 rings (SSSR count). The fraction of sp³-hybridized carbons (Fsp3) is 0.467. The van der Waals surface area contributed by atoms with Crippen LogP contribution in [0.25, 0.3) is 0 Å². The maximum atomic E-state index is 12.5. The fourth-order valence-electron chi connectivity index (χ4n) is 2.47. The van der Waals surface area contributed by atoms with Gasteiger partial charge >= 0.3 is 12.1 Å². The minimum absolute atomic E-state index is 0.0260. The molecular formula is C15H16BrF3N2O2. The Balaban J connectivity index is 2.02. The number of nitrogens with zero attached hydrogens (tertiary/aromatic N) is 1. The molecule has 1 aliphatic heterocycles. The van der Waals surface area contributed by atoms with Crippen LogP contribution in [0.1, 0.15) is 18.4 Å². The van der Waals surface area contributed by atoms with E-state index in [1.54, 1.807) is 12.1 Å². The SMILES string of the molecule is Cc1ccc(NC(=O)C2CCCN(C(=O)C(F)(F)F)C2)cc1Br. The molecule has 1 aliphatic rings. The molecule has 0 radical (unpaired) electrons. The predicted octanol–water partition coefficient (Wildman–Crippen LogP) is 3.50. The Hall–Kier alpha value is -1.57. The first-order chi connectivity index (χ1) is 10.7. The largest absolute Gasteiger partial charge is 0.471 e. The van der Waals surface area contributed by atoms with Crippen molar-refractivity contribution in [1.82, 2.24) is 4.90 Å². The molecule has 0 aromatic heterocycles. The van der Waals surface area contributed by atoms with E-state index < -0.39 is 18.0 Å². The number of hydrogen-bond acceptors (Lipinski definition) is 2. The molecule has 1 heterocycles. The van der Waals surface area contributed by atoms with Gasteiger partial charge in [0.2, 0.25) is 5.91 Å². The third-order valence-corrected chi connectivity index (χ3v) is 4.62. The molecule has 1 fully saturated rings. The number of rotatable bonds is 2. The van der Waals surface area contributed by atoms with Crippen molar-refractivity contribution in [3.05, 3.63) is 28.2 Å². The number of carbonyl (C=O) groups is 2. The molecule has 8 heteroatoms. The van der Waals surface area contributed by atoms with E-state index in [0.717, 1.165) is 10.0 Å². The Labute approximate surface area is 140 Å². The molecule has 1 unspecified atom stereocenters. The van der Waals surface area contributed by atoms with E-state index in [4.69, 9.17) is 0 Å². The first-order valence-electron chi connectivity index (χ1n) is 7.11. The van der Waals surface area contributed by atoms with E-state index in [1.807, 2.05) is 13.0 Å². The number of hydrogen-bond donors (Lipinski definition) is 1. The number of carbonyl (C=O) groups excluding carboxylic acids is 2. The molecule has 126 valence electrons. The quantitative estimate of drug-likeness (QED) is 0.837. The molecular weight excluding hydrogens is 377 g/mol. The van der Waals surface area contributed by atoms with Crippen molar-refractivity contribution in [2.75, 3.05) is 18.4 Å². The average molecular weight is 393 g/mol. The number of amides is 2. The molecule has 0 bridgehead atoms. The van der Waals surface area contributed by atoms with Crippen LogP contribution in [0.3, 0.4) is 0 Å². The number of alkyl halides is 3. The zero-order valence-electron chi connectivity index (χ0n) is 12.4. The highest BCUT2D eigenvalue weighted by Gasteiger charge is 2.44. The van der Waals surface area contributed by atoms with Gasteiger partial charge in [-0.1, -0.05) is 22.0 Å². The van der Waals surface area contributed by atoms with Crippen LogP contribution in [0, 0.1) is 12.8 Å². The summed E-state index contributed by atoms with van der Waals surface area (Å²) in [5, 5.41) is 2.69. The molecule has 1 N–H and O–H groups in total.